The van der Waals surface area contributed by atoms with Crippen molar-refractivity contribution in [1.29, 1.82) is 0 Å². The van der Waals surface area contributed by atoms with Gasteiger partial charge in [-0.25, -0.2) is 0 Å². The Bertz CT molecular complexity index is 642. The van der Waals surface area contributed by atoms with Gasteiger partial charge in [0.25, 0.3) is 0 Å². The Hall–Kier alpha value is -2.59. The Kier molecular flexibility index (Phi) is 3.94. The minimum Gasteiger partial charge on any atom is -0.399 e. The molecule has 0 radical (unpaired) electrons. The fourth-order valence-electron chi connectivity index (χ4n) is 2.32. The van der Waals surface area contributed by atoms with E-state index in [0.29, 0.717) is 0 Å². The van der Waals surface area contributed by atoms with Gasteiger partial charge >= 0.3 is 0 Å². The van der Waals surface area contributed by atoms with Gasteiger partial charge < -0.3 is 17.2 Å². The normalized spacial score (nSPS) is 11.2. The number of thiol groups is 1. The van der Waals surface area contributed by atoms with E-state index in [2.05, 4.69) is 36.4 Å². The molecule has 3 aromatic carbocycles. The Morgan fingerprint density at radius 2 is 0.636 bits per heavy atom. The molecule has 3 nitrogen and oxygen atoms in total. The van der Waals surface area contributed by atoms with Crippen molar-refractivity contribution in [2.75, 3.05) is 17.2 Å². The van der Waals surface area contributed by atoms with Gasteiger partial charge in [-0.1, -0.05) is 0 Å². The molecule has 0 amide bonds. The van der Waals surface area contributed by atoms with Crippen LogP contribution >= 0.6 is 10.9 Å². The Labute approximate surface area is 133 Å². The average Bonchev–Trinajstić information content (AvgIpc) is 2.53. The molecule has 112 valence electrons. The van der Waals surface area contributed by atoms with Crippen molar-refractivity contribution in [1.82, 2.24) is 0 Å². The lowest BCUT2D eigenvalue weighted by atomic mass is 10.3. The summed E-state index contributed by atoms with van der Waals surface area (Å²) in [6.45, 7) is 0. The molecule has 0 saturated carbocycles. The monoisotopic (exact) mass is 309 g/mol. The van der Waals surface area contributed by atoms with Gasteiger partial charge in [0, 0.05) is 17.1 Å². The summed E-state index contributed by atoms with van der Waals surface area (Å²) in [6.07, 6.45) is 0. The van der Waals surface area contributed by atoms with E-state index in [1.807, 2.05) is 36.4 Å². The van der Waals surface area contributed by atoms with Crippen LogP contribution in [0.4, 0.5) is 17.1 Å². The van der Waals surface area contributed by atoms with Crippen molar-refractivity contribution < 1.29 is 0 Å². The Balaban J connectivity index is 2.10. The van der Waals surface area contributed by atoms with Gasteiger partial charge in [-0.05, 0) is 87.5 Å². The second-order valence-electron chi connectivity index (χ2n) is 5.11. The van der Waals surface area contributed by atoms with Gasteiger partial charge in [-0.3, -0.25) is 0 Å². The molecule has 0 spiro atoms. The fraction of sp³-hybridized carbons (Fsp3) is 0. The third kappa shape index (κ3) is 3.02. The van der Waals surface area contributed by atoms with Crippen LogP contribution in [0.2, 0.25) is 0 Å². The summed E-state index contributed by atoms with van der Waals surface area (Å²) in [6, 6.07) is 24.2. The number of nitrogen functional groups attached to an aromatic ring is 3. The van der Waals surface area contributed by atoms with E-state index in [1.165, 1.54) is 14.7 Å². The minimum atomic E-state index is -0.650. The molecule has 0 fully saturated rings. The molecule has 0 atom stereocenters. The zero-order chi connectivity index (χ0) is 15.5. The van der Waals surface area contributed by atoms with E-state index in [4.69, 9.17) is 17.2 Å². The predicted octanol–water partition coefficient (Wildman–Crippen LogP) is 3.91. The Morgan fingerprint density at radius 3 is 0.864 bits per heavy atom. The summed E-state index contributed by atoms with van der Waals surface area (Å²) in [7, 11) is -0.650. The second kappa shape index (κ2) is 6.03. The van der Waals surface area contributed by atoms with Crippen molar-refractivity contribution in [2.45, 2.75) is 14.7 Å². The molecule has 6 N–H and O–H groups in total. The first-order chi connectivity index (χ1) is 10.6. The maximum atomic E-state index is 5.82. The summed E-state index contributed by atoms with van der Waals surface area (Å²) in [5.41, 5.74) is 19.8. The van der Waals surface area contributed by atoms with Crippen LogP contribution in [0.3, 0.4) is 0 Å². The molecular formula is C18H19N3S. The van der Waals surface area contributed by atoms with Gasteiger partial charge in [0.1, 0.15) is 0 Å². The molecule has 0 aliphatic carbocycles. The van der Waals surface area contributed by atoms with E-state index in [0.717, 1.165) is 17.1 Å². The number of nitrogens with two attached hydrogens (primary N) is 3. The molecule has 0 heterocycles. The van der Waals surface area contributed by atoms with E-state index in [-0.39, 0.29) is 0 Å². The first kappa shape index (κ1) is 14.4. The largest absolute Gasteiger partial charge is 0.399 e. The lowest BCUT2D eigenvalue weighted by molar-refractivity contribution is 1.33. The molecule has 22 heavy (non-hydrogen) atoms. The van der Waals surface area contributed by atoms with Gasteiger partial charge in [0.05, 0.1) is 0 Å². The Morgan fingerprint density at radius 1 is 0.409 bits per heavy atom. The number of rotatable bonds is 3. The number of hydrogen-bond donors (Lipinski definition) is 4. The van der Waals surface area contributed by atoms with E-state index < -0.39 is 10.9 Å². The molecule has 0 unspecified atom stereocenters. The highest BCUT2D eigenvalue weighted by Crippen LogP contribution is 2.51. The summed E-state index contributed by atoms with van der Waals surface area (Å²) in [4.78, 5) is 3.75. The summed E-state index contributed by atoms with van der Waals surface area (Å²) in [5.74, 6) is 0. The van der Waals surface area contributed by atoms with Gasteiger partial charge in [0.2, 0.25) is 0 Å². The van der Waals surface area contributed by atoms with E-state index in [1.54, 1.807) is 0 Å². The lowest BCUT2D eigenvalue weighted by Crippen LogP contribution is -1.92. The smallest absolute Gasteiger partial charge is 0.0314 e. The highest BCUT2D eigenvalue weighted by atomic mass is 32.2. The van der Waals surface area contributed by atoms with Crippen LogP contribution in [0.15, 0.2) is 87.5 Å². The van der Waals surface area contributed by atoms with Crippen LogP contribution in [0.5, 0.6) is 0 Å². The zero-order valence-electron chi connectivity index (χ0n) is 12.1. The molecule has 3 rings (SSSR count). The van der Waals surface area contributed by atoms with Crippen molar-refractivity contribution in [3.8, 4) is 0 Å². The standard InChI is InChI=1S/C18H19N3S/c19-13-1-7-16(8-2-13)22(17-9-3-14(20)4-10-17)18-11-5-15(21)6-12-18/h1-12,22H,19-21H2. The number of anilines is 3. The second-order valence-corrected chi connectivity index (χ2v) is 7.33. The molecule has 3 aromatic rings. The molecular weight excluding hydrogens is 290 g/mol. The molecule has 0 aliphatic heterocycles. The molecule has 0 saturated heterocycles. The average molecular weight is 309 g/mol. The van der Waals surface area contributed by atoms with E-state index in [9.17, 15) is 0 Å². The number of hydrogen-bond acceptors (Lipinski definition) is 3. The topological polar surface area (TPSA) is 78.1 Å². The molecule has 0 aromatic heterocycles. The van der Waals surface area contributed by atoms with Crippen LogP contribution in [0.1, 0.15) is 0 Å². The molecule has 0 aliphatic rings. The fourth-order valence-corrected chi connectivity index (χ4v) is 4.55. The predicted molar refractivity (Wildman–Crippen MR) is 96.3 cm³/mol. The molecule has 4 heteroatoms. The van der Waals surface area contributed by atoms with Crippen molar-refractivity contribution >= 4 is 28.0 Å². The van der Waals surface area contributed by atoms with Crippen molar-refractivity contribution in [3.05, 3.63) is 72.8 Å². The molecule has 0 bridgehead atoms. The minimum absolute atomic E-state index is 0.650. The highest BCUT2D eigenvalue weighted by Gasteiger charge is 2.12. The summed E-state index contributed by atoms with van der Waals surface area (Å²) >= 11 is 0. The first-order valence-corrected chi connectivity index (χ1v) is 8.34. The van der Waals surface area contributed by atoms with E-state index >= 15 is 0 Å². The SMILES string of the molecule is Nc1ccc([SH](c2ccc(N)cc2)c2ccc(N)cc2)cc1. The maximum absolute atomic E-state index is 5.82. The van der Waals surface area contributed by atoms with Crippen LogP contribution in [-0.4, -0.2) is 0 Å². The van der Waals surface area contributed by atoms with Crippen LogP contribution in [-0.2, 0) is 0 Å². The van der Waals surface area contributed by atoms with Gasteiger partial charge in [-0.15, -0.1) is 0 Å². The summed E-state index contributed by atoms with van der Waals surface area (Å²) in [5, 5.41) is 0. The third-order valence-corrected chi connectivity index (χ3v) is 5.90. The highest BCUT2D eigenvalue weighted by molar-refractivity contribution is 8.17. The van der Waals surface area contributed by atoms with Crippen LogP contribution in [0, 0.1) is 0 Å². The number of benzene rings is 3. The summed E-state index contributed by atoms with van der Waals surface area (Å²) < 4.78 is 0. The van der Waals surface area contributed by atoms with Crippen molar-refractivity contribution in [3.63, 3.8) is 0 Å². The van der Waals surface area contributed by atoms with Crippen molar-refractivity contribution in [2.24, 2.45) is 0 Å². The third-order valence-electron chi connectivity index (χ3n) is 3.45. The van der Waals surface area contributed by atoms with Gasteiger partial charge in [0.15, 0.2) is 0 Å². The van der Waals surface area contributed by atoms with Gasteiger partial charge in [-0.2, -0.15) is 10.9 Å². The van der Waals surface area contributed by atoms with Crippen LogP contribution in [0.25, 0.3) is 0 Å². The zero-order valence-corrected chi connectivity index (χ0v) is 13.0. The first-order valence-electron chi connectivity index (χ1n) is 7.00. The lowest BCUT2D eigenvalue weighted by Gasteiger charge is -2.23. The quantitative estimate of drug-likeness (QED) is 0.437. The maximum Gasteiger partial charge on any atom is 0.0314 e. The van der Waals surface area contributed by atoms with Crippen LogP contribution < -0.4 is 17.2 Å².